The highest BCUT2D eigenvalue weighted by Crippen LogP contribution is 2.37. The van der Waals surface area contributed by atoms with Gasteiger partial charge in [0, 0.05) is 55.7 Å². The second kappa shape index (κ2) is 6.89. The maximum atomic E-state index is 12.4. The van der Waals surface area contributed by atoms with Crippen LogP contribution < -0.4 is 0 Å². The predicted octanol–water partition coefficient (Wildman–Crippen LogP) is 3.21. The van der Waals surface area contributed by atoms with E-state index in [0.717, 1.165) is 35.1 Å². The minimum Gasteiger partial charge on any atom is -0.342 e. The quantitative estimate of drug-likeness (QED) is 0.842. The number of fused-ring (bicyclic) bond motifs is 3. The Morgan fingerprint density at radius 1 is 1.41 bits per heavy atom. The van der Waals surface area contributed by atoms with Crippen molar-refractivity contribution >= 4 is 22.4 Å². The number of carbonyl (C=O) groups is 1. The minimum absolute atomic E-state index is 0.0504. The maximum Gasteiger partial charge on any atom is 0.223 e. The molecule has 1 aliphatic carbocycles. The van der Waals surface area contributed by atoms with Gasteiger partial charge in [0.05, 0.1) is 35.0 Å². The summed E-state index contributed by atoms with van der Waals surface area (Å²) in [5.74, 6) is 0.467. The zero-order valence-corrected chi connectivity index (χ0v) is 15.4. The molecule has 27 heavy (non-hydrogen) atoms. The Kier molecular flexibility index (Phi) is 4.41. The summed E-state index contributed by atoms with van der Waals surface area (Å²) in [5.41, 5.74) is 3.63. The van der Waals surface area contributed by atoms with Gasteiger partial charge >= 0.3 is 0 Å². The number of likely N-dealkylation sites (tertiary alicyclic amines) is 1. The molecule has 0 saturated carbocycles. The molecule has 0 spiro atoms. The Labute approximate surface area is 158 Å². The molecule has 0 bridgehead atoms. The number of piperidine rings is 1. The van der Waals surface area contributed by atoms with Crippen LogP contribution in [0.2, 0.25) is 0 Å². The maximum absolute atomic E-state index is 12.4. The summed E-state index contributed by atoms with van der Waals surface area (Å²) in [6.45, 7) is 3.60. The fourth-order valence-electron chi connectivity index (χ4n) is 4.26. The number of pyridine rings is 1. The number of nitrogens with zero attached hydrogens (tertiary/aromatic N) is 5. The first-order valence-corrected chi connectivity index (χ1v) is 9.37. The van der Waals surface area contributed by atoms with Crippen molar-refractivity contribution in [2.24, 2.45) is 5.92 Å². The number of hydrogen-bond acceptors (Lipinski definition) is 4. The van der Waals surface area contributed by atoms with E-state index in [-0.39, 0.29) is 24.8 Å². The molecule has 0 radical (unpaired) electrons. The molecule has 1 saturated heterocycles. The molecular weight excluding hydrogens is 338 g/mol. The summed E-state index contributed by atoms with van der Waals surface area (Å²) in [4.78, 5) is 18.8. The number of amides is 1. The number of rotatable bonds is 3. The van der Waals surface area contributed by atoms with Gasteiger partial charge in [-0.2, -0.15) is 10.5 Å². The second-order valence-electron chi connectivity index (χ2n) is 7.37. The van der Waals surface area contributed by atoms with E-state index in [0.29, 0.717) is 24.5 Å². The van der Waals surface area contributed by atoms with E-state index in [1.54, 1.807) is 0 Å². The number of carbonyl (C=O) groups excluding carboxylic acids is 1. The van der Waals surface area contributed by atoms with Crippen molar-refractivity contribution in [1.29, 1.82) is 10.5 Å². The Hall–Kier alpha value is -3.12. The van der Waals surface area contributed by atoms with Gasteiger partial charge in [0.2, 0.25) is 5.91 Å². The highest BCUT2D eigenvalue weighted by molar-refractivity contribution is 5.97. The van der Waals surface area contributed by atoms with Crippen molar-refractivity contribution < 1.29 is 4.79 Å². The van der Waals surface area contributed by atoms with E-state index >= 15 is 0 Å². The molecule has 0 N–H and O–H groups in total. The molecule has 1 amide bonds. The molecule has 2 aromatic rings. The predicted molar refractivity (Wildman–Crippen MR) is 101 cm³/mol. The molecule has 2 aliphatic rings. The lowest BCUT2D eigenvalue weighted by molar-refractivity contribution is -0.133. The summed E-state index contributed by atoms with van der Waals surface area (Å²) in [5, 5.41) is 19.3. The first kappa shape index (κ1) is 17.3. The molecule has 0 aromatic carbocycles. The largest absolute Gasteiger partial charge is 0.342 e. The van der Waals surface area contributed by atoms with Crippen molar-refractivity contribution in [2.45, 2.75) is 38.6 Å². The van der Waals surface area contributed by atoms with Crippen LogP contribution in [0.1, 0.15) is 43.5 Å². The van der Waals surface area contributed by atoms with Crippen molar-refractivity contribution in [3.05, 3.63) is 35.8 Å². The Morgan fingerprint density at radius 3 is 3.04 bits per heavy atom. The summed E-state index contributed by atoms with van der Waals surface area (Å²) in [6.07, 6.45) is 8.04. The lowest BCUT2D eigenvalue weighted by atomic mass is 9.92. The second-order valence-corrected chi connectivity index (χ2v) is 7.37. The minimum atomic E-state index is 0.0504. The fourth-order valence-corrected chi connectivity index (χ4v) is 4.26. The van der Waals surface area contributed by atoms with Gasteiger partial charge in [-0.25, -0.2) is 0 Å². The Bertz CT molecular complexity index is 1020. The molecule has 136 valence electrons. The van der Waals surface area contributed by atoms with Gasteiger partial charge in [-0.3, -0.25) is 9.78 Å². The zero-order valence-electron chi connectivity index (χ0n) is 15.4. The third-order valence-electron chi connectivity index (χ3n) is 5.80. The first-order chi connectivity index (χ1) is 13.1. The third-order valence-corrected chi connectivity index (χ3v) is 5.80. The normalized spacial score (nSPS) is 21.4. The summed E-state index contributed by atoms with van der Waals surface area (Å²) < 4.78 is 2.24. The molecule has 4 rings (SSSR count). The molecule has 2 atom stereocenters. The van der Waals surface area contributed by atoms with Crippen molar-refractivity contribution in [1.82, 2.24) is 14.5 Å². The van der Waals surface area contributed by atoms with E-state index < -0.39 is 0 Å². The molecule has 6 nitrogen and oxygen atoms in total. The zero-order chi connectivity index (χ0) is 19.0. The van der Waals surface area contributed by atoms with Gasteiger partial charge in [0.25, 0.3) is 0 Å². The topological polar surface area (TPSA) is 85.7 Å². The van der Waals surface area contributed by atoms with E-state index in [2.05, 4.69) is 34.8 Å². The highest BCUT2D eigenvalue weighted by atomic mass is 16.2. The average Bonchev–Trinajstić information content (AvgIpc) is 3.29. The van der Waals surface area contributed by atoms with Crippen LogP contribution in [-0.2, 0) is 11.2 Å². The van der Waals surface area contributed by atoms with Gasteiger partial charge in [-0.1, -0.05) is 13.0 Å². The summed E-state index contributed by atoms with van der Waals surface area (Å²) in [6, 6.07) is 6.55. The number of nitriles is 2. The van der Waals surface area contributed by atoms with Crippen molar-refractivity contribution in [3.8, 4) is 12.1 Å². The third kappa shape index (κ3) is 2.88. The van der Waals surface area contributed by atoms with Crippen LogP contribution in [0.15, 0.2) is 24.5 Å². The number of aromatic nitrogens is 2. The average molecular weight is 359 g/mol. The molecule has 6 heteroatoms. The molecule has 2 aromatic heterocycles. The molecule has 0 unspecified atom stereocenters. The van der Waals surface area contributed by atoms with Crippen LogP contribution in [-0.4, -0.2) is 33.4 Å². The Morgan fingerprint density at radius 2 is 2.26 bits per heavy atom. The fraction of sp³-hybridized carbons (Fsp3) is 0.429. The van der Waals surface area contributed by atoms with Crippen LogP contribution in [0, 0.1) is 28.6 Å². The molecular formula is C21H21N5O. The van der Waals surface area contributed by atoms with Crippen LogP contribution in [0.25, 0.3) is 16.5 Å². The number of hydrogen-bond donors (Lipinski definition) is 0. The van der Waals surface area contributed by atoms with Gasteiger partial charge < -0.3 is 9.47 Å². The van der Waals surface area contributed by atoms with Crippen molar-refractivity contribution in [2.75, 3.05) is 13.1 Å². The first-order valence-electron chi connectivity index (χ1n) is 9.37. The lowest BCUT2D eigenvalue weighted by Gasteiger charge is -2.38. The van der Waals surface area contributed by atoms with Gasteiger partial charge in [0.15, 0.2) is 0 Å². The summed E-state index contributed by atoms with van der Waals surface area (Å²) >= 11 is 0. The van der Waals surface area contributed by atoms with Gasteiger partial charge in [-0.15, -0.1) is 0 Å². The highest BCUT2D eigenvalue weighted by Gasteiger charge is 2.32. The van der Waals surface area contributed by atoms with Crippen molar-refractivity contribution in [3.63, 3.8) is 0 Å². The summed E-state index contributed by atoms with van der Waals surface area (Å²) in [7, 11) is 0. The van der Waals surface area contributed by atoms with E-state index in [9.17, 15) is 10.1 Å². The van der Waals surface area contributed by atoms with E-state index in [1.165, 1.54) is 0 Å². The molecule has 1 aliphatic heterocycles. The Balaban J connectivity index is 1.73. The van der Waals surface area contributed by atoms with Crippen LogP contribution in [0.3, 0.4) is 0 Å². The van der Waals surface area contributed by atoms with E-state index in [4.69, 9.17) is 5.26 Å². The standard InChI is InChI=1S/C21H21N5O/c1-14-6-9-25(19(27)3-2-8-22)13-18(14)26-10-7-16-12-24-17-5-4-15(11-23)20(17)21(16)26/h4,7,10,12,14,18H,2-3,5-6,9,13H2,1H3/t14-,18+/m1/s1. The van der Waals surface area contributed by atoms with E-state index in [1.807, 2.05) is 23.2 Å². The SMILES string of the molecule is C[C@@H]1CCN(C(=O)CCC#N)C[C@@H]1n1ccc2cnc3c(c21)C(C#N)=CC3. The molecule has 3 heterocycles. The molecule has 1 fully saturated rings. The van der Waals surface area contributed by atoms with Crippen LogP contribution in [0.5, 0.6) is 0 Å². The van der Waals surface area contributed by atoms with Gasteiger partial charge in [0.1, 0.15) is 0 Å². The van der Waals surface area contributed by atoms with Crippen LogP contribution >= 0.6 is 0 Å². The lowest BCUT2D eigenvalue weighted by Crippen LogP contribution is -2.43. The smallest absolute Gasteiger partial charge is 0.223 e. The number of allylic oxidation sites excluding steroid dienone is 2. The monoisotopic (exact) mass is 359 g/mol. The van der Waals surface area contributed by atoms with Gasteiger partial charge in [-0.05, 0) is 18.4 Å². The van der Waals surface area contributed by atoms with Crippen LogP contribution in [0.4, 0.5) is 0 Å².